The molecule has 1 spiro atoms. The third kappa shape index (κ3) is 7.14. The van der Waals surface area contributed by atoms with Crippen LogP contribution in [0.2, 0.25) is 0 Å². The molecule has 12 nitrogen and oxygen atoms in total. The monoisotopic (exact) mass is 538 g/mol. The van der Waals surface area contributed by atoms with Crippen LogP contribution in [0.25, 0.3) is 0 Å². The van der Waals surface area contributed by atoms with Gasteiger partial charge in [0, 0.05) is 51.0 Å². The van der Waals surface area contributed by atoms with Gasteiger partial charge in [-0.2, -0.15) is 5.10 Å². The summed E-state index contributed by atoms with van der Waals surface area (Å²) in [6.07, 6.45) is 2.20. The molecule has 2 aromatic rings. The highest BCUT2D eigenvalue weighted by Crippen LogP contribution is 2.44. The number of ether oxygens (including phenoxy) is 1. The number of aliphatic carboxylic acids is 2. The van der Waals surface area contributed by atoms with Crippen molar-refractivity contribution in [1.82, 2.24) is 19.6 Å². The Kier molecular flexibility index (Phi) is 9.79. The molecule has 4 heterocycles. The van der Waals surface area contributed by atoms with Crippen molar-refractivity contribution >= 4 is 29.2 Å². The first kappa shape index (κ1) is 28.7. The smallest absolute Gasteiger partial charge is 0.335 e. The second-order valence-electron chi connectivity index (χ2n) is 9.39. The molecule has 4 N–H and O–H groups in total. The van der Waals surface area contributed by atoms with Gasteiger partial charge in [-0.05, 0) is 42.3 Å². The van der Waals surface area contributed by atoms with Crippen LogP contribution < -0.4 is 0 Å². The number of aliphatic hydroxyl groups is 2. The van der Waals surface area contributed by atoms with Crippen LogP contribution in [0, 0.1) is 5.92 Å². The third-order valence-corrected chi connectivity index (χ3v) is 7.76. The molecule has 0 unspecified atom stereocenters. The lowest BCUT2D eigenvalue weighted by molar-refractivity contribution is -0.165. The molecule has 0 aliphatic carbocycles. The van der Waals surface area contributed by atoms with Crippen molar-refractivity contribution in [2.75, 3.05) is 40.3 Å². The Morgan fingerprint density at radius 2 is 1.78 bits per heavy atom. The van der Waals surface area contributed by atoms with Crippen molar-refractivity contribution in [3.63, 3.8) is 0 Å². The molecule has 1 amide bonds. The number of amides is 1. The van der Waals surface area contributed by atoms with E-state index in [1.165, 1.54) is 10.4 Å². The van der Waals surface area contributed by atoms with Gasteiger partial charge in [0.1, 0.15) is 5.60 Å². The quantitative estimate of drug-likeness (QED) is 0.362. The van der Waals surface area contributed by atoms with Crippen molar-refractivity contribution in [3.8, 4) is 0 Å². The Labute approximate surface area is 218 Å². The van der Waals surface area contributed by atoms with E-state index < -0.39 is 24.1 Å². The van der Waals surface area contributed by atoms with Crippen LogP contribution in [-0.4, -0.2) is 110 Å². The number of carboxylic acid groups (broad SMARTS) is 2. The van der Waals surface area contributed by atoms with E-state index in [9.17, 15) is 14.4 Å². The van der Waals surface area contributed by atoms with Crippen molar-refractivity contribution < 1.29 is 39.5 Å². The second kappa shape index (κ2) is 12.6. The van der Waals surface area contributed by atoms with E-state index in [1.807, 2.05) is 42.4 Å². The summed E-state index contributed by atoms with van der Waals surface area (Å²) in [4.78, 5) is 37.8. The molecule has 13 heteroatoms. The van der Waals surface area contributed by atoms with E-state index in [0.29, 0.717) is 6.54 Å². The predicted molar refractivity (Wildman–Crippen MR) is 133 cm³/mol. The minimum absolute atomic E-state index is 0.0847. The summed E-state index contributed by atoms with van der Waals surface area (Å²) in [6, 6.07) is 4.16. The van der Waals surface area contributed by atoms with Gasteiger partial charge in [-0.3, -0.25) is 9.48 Å². The van der Waals surface area contributed by atoms with Gasteiger partial charge < -0.3 is 35.0 Å². The molecule has 2 aliphatic rings. The maximum atomic E-state index is 12.7. The summed E-state index contributed by atoms with van der Waals surface area (Å²) < 4.78 is 8.17. The highest BCUT2D eigenvalue weighted by atomic mass is 32.1. The van der Waals surface area contributed by atoms with E-state index in [0.717, 1.165) is 45.5 Å². The number of carboxylic acids is 2. The lowest BCUT2D eigenvalue weighted by Gasteiger charge is -2.44. The number of likely N-dealkylation sites (tertiary alicyclic amines) is 1. The number of rotatable bonds is 8. The van der Waals surface area contributed by atoms with Crippen LogP contribution in [0.4, 0.5) is 0 Å². The minimum atomic E-state index is -2.27. The molecule has 0 bridgehead atoms. The van der Waals surface area contributed by atoms with Crippen LogP contribution in [0.1, 0.15) is 23.3 Å². The van der Waals surface area contributed by atoms with Crippen molar-refractivity contribution in [2.45, 2.75) is 43.6 Å². The largest absolute Gasteiger partial charge is 0.479 e. The summed E-state index contributed by atoms with van der Waals surface area (Å²) in [7, 11) is 3.66. The fraction of sp³-hybridized carbons (Fsp3) is 0.583. The standard InChI is InChI=1S/C20H28N4O2S.C4H6O6/c1-22(2)19(25)17(15-24-9-3-8-21-24)14-23-10-6-20(7-11-23)18-16(4-12-26-20)5-13-27-18;5-1(3(7)8)2(6)4(9)10/h3,5,8-9,13,17H,4,6-7,10-12,14-15H2,1-2H3;1-2,5-6H,(H,7,8)(H,9,10)/t17-;1-,2-/m01/s1. The van der Waals surface area contributed by atoms with Gasteiger partial charge in [0.25, 0.3) is 0 Å². The number of carbonyl (C=O) groups excluding carboxylic acids is 1. The van der Waals surface area contributed by atoms with Gasteiger partial charge in [0.05, 0.1) is 19.1 Å². The second-order valence-corrected chi connectivity index (χ2v) is 10.3. The van der Waals surface area contributed by atoms with Gasteiger partial charge in [0.2, 0.25) is 5.91 Å². The predicted octanol–water partition coefficient (Wildman–Crippen LogP) is 0.0904. The summed E-state index contributed by atoms with van der Waals surface area (Å²) in [6.45, 7) is 4.15. The van der Waals surface area contributed by atoms with Crippen LogP contribution in [-0.2, 0) is 37.7 Å². The van der Waals surface area contributed by atoms with Gasteiger partial charge in [-0.25, -0.2) is 9.59 Å². The Balaban J connectivity index is 0.000000325. The Hall–Kier alpha value is -2.84. The van der Waals surface area contributed by atoms with E-state index in [1.54, 1.807) is 11.1 Å². The van der Waals surface area contributed by atoms with Gasteiger partial charge >= 0.3 is 11.9 Å². The van der Waals surface area contributed by atoms with Crippen LogP contribution in [0.15, 0.2) is 29.9 Å². The van der Waals surface area contributed by atoms with Crippen molar-refractivity contribution in [2.24, 2.45) is 5.92 Å². The molecule has 0 radical (unpaired) electrons. The zero-order chi connectivity index (χ0) is 27.2. The summed E-state index contributed by atoms with van der Waals surface area (Å²) >= 11 is 1.84. The Morgan fingerprint density at radius 1 is 1.14 bits per heavy atom. The molecule has 3 atom stereocenters. The molecular formula is C24H34N4O8S. The molecule has 1 saturated heterocycles. The molecule has 2 aliphatic heterocycles. The maximum Gasteiger partial charge on any atom is 0.335 e. The van der Waals surface area contributed by atoms with Crippen LogP contribution in [0.3, 0.4) is 0 Å². The molecule has 2 aromatic heterocycles. The number of hydrogen-bond acceptors (Lipinski definition) is 9. The Bertz CT molecular complexity index is 1030. The number of fused-ring (bicyclic) bond motifs is 2. The number of aromatic nitrogens is 2. The molecule has 0 saturated carbocycles. The maximum absolute atomic E-state index is 12.7. The van der Waals surface area contributed by atoms with Crippen molar-refractivity contribution in [3.05, 3.63) is 40.3 Å². The van der Waals surface area contributed by atoms with Crippen molar-refractivity contribution in [1.29, 1.82) is 0 Å². The zero-order valence-corrected chi connectivity index (χ0v) is 21.7. The van der Waals surface area contributed by atoms with E-state index in [2.05, 4.69) is 21.4 Å². The zero-order valence-electron chi connectivity index (χ0n) is 20.9. The lowest BCUT2D eigenvalue weighted by atomic mass is 9.85. The number of carbonyl (C=O) groups is 3. The van der Waals surface area contributed by atoms with Crippen LogP contribution >= 0.6 is 11.3 Å². The fourth-order valence-electron chi connectivity index (χ4n) is 4.62. The normalized spacial score (nSPS) is 19.1. The summed E-state index contributed by atoms with van der Waals surface area (Å²) in [5.74, 6) is -3.46. The summed E-state index contributed by atoms with van der Waals surface area (Å²) in [5, 5.41) is 39.0. The van der Waals surface area contributed by atoms with Crippen LogP contribution in [0.5, 0.6) is 0 Å². The SMILES string of the molecule is CN(C)C(=O)[C@@H](CN1CCC2(CC1)OCCc1ccsc12)Cn1cccn1.O=C(O)[C@H](O)[C@@H](O)C(=O)O. The molecule has 37 heavy (non-hydrogen) atoms. The third-order valence-electron chi connectivity index (χ3n) is 6.61. The average molecular weight is 539 g/mol. The number of aliphatic hydroxyl groups excluding tert-OH is 2. The molecular weight excluding hydrogens is 504 g/mol. The molecule has 4 rings (SSSR count). The first-order valence-electron chi connectivity index (χ1n) is 12.0. The lowest BCUT2D eigenvalue weighted by Crippen LogP contribution is -2.49. The fourth-order valence-corrected chi connectivity index (χ4v) is 5.79. The number of nitrogens with zero attached hydrogens (tertiary/aromatic N) is 4. The first-order valence-corrected chi connectivity index (χ1v) is 12.9. The summed E-state index contributed by atoms with van der Waals surface area (Å²) in [5.41, 5.74) is 1.38. The molecule has 204 valence electrons. The van der Waals surface area contributed by atoms with Gasteiger partial charge in [-0.1, -0.05) is 0 Å². The molecule has 0 aromatic carbocycles. The highest BCUT2D eigenvalue weighted by Gasteiger charge is 2.42. The van der Waals surface area contributed by atoms with Gasteiger partial charge in [0.15, 0.2) is 12.2 Å². The minimum Gasteiger partial charge on any atom is -0.479 e. The van der Waals surface area contributed by atoms with E-state index >= 15 is 0 Å². The van der Waals surface area contributed by atoms with Gasteiger partial charge in [-0.15, -0.1) is 11.3 Å². The topological polar surface area (TPSA) is 166 Å². The highest BCUT2D eigenvalue weighted by molar-refractivity contribution is 7.10. The van der Waals surface area contributed by atoms with E-state index in [4.69, 9.17) is 25.2 Å². The number of thiophene rings is 1. The Morgan fingerprint density at radius 3 is 2.32 bits per heavy atom. The first-order chi connectivity index (χ1) is 17.5. The number of piperidine rings is 1. The average Bonchev–Trinajstić information content (AvgIpc) is 3.57. The van der Waals surface area contributed by atoms with E-state index in [-0.39, 0.29) is 17.4 Å². The number of hydrogen-bond donors (Lipinski definition) is 4. The molecule has 1 fully saturated rings.